The van der Waals surface area contributed by atoms with Crippen LogP contribution in [0.1, 0.15) is 32.1 Å². The lowest BCUT2D eigenvalue weighted by molar-refractivity contribution is -0.117. The number of nitrogens with zero attached hydrogens (tertiary/aromatic N) is 1. The summed E-state index contributed by atoms with van der Waals surface area (Å²) >= 11 is 5.81. The number of amides is 1. The van der Waals surface area contributed by atoms with Gasteiger partial charge in [0.25, 0.3) is 0 Å². The van der Waals surface area contributed by atoms with E-state index in [1.165, 1.54) is 25.7 Å². The average Bonchev–Trinajstić information content (AvgIpc) is 2.70. The Balaban J connectivity index is 1.86. The van der Waals surface area contributed by atoms with Crippen LogP contribution in [0.25, 0.3) is 0 Å². The SMILES string of the molecule is O=C(CC1CCCC1)Nc1cc(Cl)ccn1. The van der Waals surface area contributed by atoms with E-state index in [9.17, 15) is 4.79 Å². The fourth-order valence-electron chi connectivity index (χ4n) is 2.14. The summed E-state index contributed by atoms with van der Waals surface area (Å²) in [5, 5.41) is 3.36. The van der Waals surface area contributed by atoms with Crippen molar-refractivity contribution < 1.29 is 4.79 Å². The van der Waals surface area contributed by atoms with Crippen molar-refractivity contribution in [3.63, 3.8) is 0 Å². The summed E-state index contributed by atoms with van der Waals surface area (Å²) in [7, 11) is 0. The minimum atomic E-state index is 0.0432. The van der Waals surface area contributed by atoms with Crippen LogP contribution in [0.2, 0.25) is 5.02 Å². The van der Waals surface area contributed by atoms with Crippen molar-refractivity contribution in [2.24, 2.45) is 5.92 Å². The Morgan fingerprint density at radius 2 is 2.25 bits per heavy atom. The highest BCUT2D eigenvalue weighted by Crippen LogP contribution is 2.27. The second-order valence-electron chi connectivity index (χ2n) is 4.26. The average molecular weight is 239 g/mol. The number of carbonyl (C=O) groups is 1. The molecule has 4 heteroatoms. The summed E-state index contributed by atoms with van der Waals surface area (Å²) in [6.07, 6.45) is 7.06. The van der Waals surface area contributed by atoms with Gasteiger partial charge in [-0.25, -0.2) is 4.98 Å². The van der Waals surface area contributed by atoms with Gasteiger partial charge in [-0.1, -0.05) is 24.4 Å². The Morgan fingerprint density at radius 1 is 1.50 bits per heavy atom. The van der Waals surface area contributed by atoms with E-state index in [4.69, 9.17) is 11.6 Å². The second-order valence-corrected chi connectivity index (χ2v) is 4.70. The van der Waals surface area contributed by atoms with Crippen LogP contribution < -0.4 is 5.32 Å². The second kappa shape index (κ2) is 5.30. The van der Waals surface area contributed by atoms with Gasteiger partial charge in [-0.15, -0.1) is 0 Å². The minimum absolute atomic E-state index is 0.0432. The molecule has 0 aliphatic heterocycles. The third-order valence-electron chi connectivity index (χ3n) is 2.94. The van der Waals surface area contributed by atoms with Gasteiger partial charge in [0.2, 0.25) is 5.91 Å². The molecule has 0 unspecified atom stereocenters. The maximum Gasteiger partial charge on any atom is 0.225 e. The first-order valence-electron chi connectivity index (χ1n) is 5.65. The molecule has 0 saturated heterocycles. The zero-order valence-electron chi connectivity index (χ0n) is 9.08. The molecule has 1 aromatic heterocycles. The van der Waals surface area contributed by atoms with Gasteiger partial charge in [-0.3, -0.25) is 4.79 Å². The van der Waals surface area contributed by atoms with Gasteiger partial charge >= 0.3 is 0 Å². The minimum Gasteiger partial charge on any atom is -0.311 e. The molecule has 1 heterocycles. The monoisotopic (exact) mass is 238 g/mol. The Kier molecular flexibility index (Phi) is 3.78. The van der Waals surface area contributed by atoms with Crippen LogP contribution in [0.3, 0.4) is 0 Å². The Labute approximate surface area is 100 Å². The largest absolute Gasteiger partial charge is 0.311 e. The van der Waals surface area contributed by atoms with Gasteiger partial charge in [0.1, 0.15) is 5.82 Å². The van der Waals surface area contributed by atoms with Crippen LogP contribution in [-0.4, -0.2) is 10.9 Å². The Morgan fingerprint density at radius 3 is 2.94 bits per heavy atom. The summed E-state index contributed by atoms with van der Waals surface area (Å²) in [6, 6.07) is 3.35. The number of anilines is 1. The molecule has 1 fully saturated rings. The molecule has 1 saturated carbocycles. The highest BCUT2D eigenvalue weighted by atomic mass is 35.5. The van der Waals surface area contributed by atoms with Crippen LogP contribution in [0.15, 0.2) is 18.3 Å². The molecule has 1 amide bonds. The van der Waals surface area contributed by atoms with Crippen molar-refractivity contribution in [3.05, 3.63) is 23.4 Å². The number of rotatable bonds is 3. The molecular weight excluding hydrogens is 224 g/mol. The van der Waals surface area contributed by atoms with E-state index in [0.29, 0.717) is 23.2 Å². The van der Waals surface area contributed by atoms with Gasteiger partial charge in [0, 0.05) is 17.6 Å². The van der Waals surface area contributed by atoms with Crippen LogP contribution in [0, 0.1) is 5.92 Å². The molecule has 0 radical (unpaired) electrons. The molecule has 1 aliphatic rings. The number of hydrogen-bond donors (Lipinski definition) is 1. The fraction of sp³-hybridized carbons (Fsp3) is 0.500. The summed E-state index contributed by atoms with van der Waals surface area (Å²) in [5.74, 6) is 1.14. The molecule has 0 aromatic carbocycles. The first kappa shape index (κ1) is 11.4. The lowest BCUT2D eigenvalue weighted by Gasteiger charge is -2.08. The van der Waals surface area contributed by atoms with E-state index < -0.39 is 0 Å². The number of aromatic nitrogens is 1. The maximum absolute atomic E-state index is 11.7. The van der Waals surface area contributed by atoms with Crippen LogP contribution in [-0.2, 0) is 4.79 Å². The van der Waals surface area contributed by atoms with Crippen molar-refractivity contribution in [1.82, 2.24) is 4.98 Å². The van der Waals surface area contributed by atoms with E-state index in [0.717, 1.165) is 0 Å². The first-order valence-corrected chi connectivity index (χ1v) is 6.03. The van der Waals surface area contributed by atoms with Crippen molar-refractivity contribution in [2.45, 2.75) is 32.1 Å². The van der Waals surface area contributed by atoms with Gasteiger partial charge in [0.05, 0.1) is 0 Å². The van der Waals surface area contributed by atoms with Gasteiger partial charge < -0.3 is 5.32 Å². The number of halogens is 1. The normalized spacial score (nSPS) is 16.3. The van der Waals surface area contributed by atoms with Crippen molar-refractivity contribution >= 4 is 23.3 Å². The van der Waals surface area contributed by atoms with Gasteiger partial charge in [-0.05, 0) is 30.9 Å². The van der Waals surface area contributed by atoms with E-state index in [-0.39, 0.29) is 5.91 Å². The molecule has 3 nitrogen and oxygen atoms in total. The lowest BCUT2D eigenvalue weighted by atomic mass is 10.0. The predicted octanol–water partition coefficient (Wildman–Crippen LogP) is 3.25. The molecule has 16 heavy (non-hydrogen) atoms. The highest BCUT2D eigenvalue weighted by Gasteiger charge is 2.18. The topological polar surface area (TPSA) is 42.0 Å². The van der Waals surface area contributed by atoms with Gasteiger partial charge in [-0.2, -0.15) is 0 Å². The summed E-state index contributed by atoms with van der Waals surface area (Å²) in [6.45, 7) is 0. The Hall–Kier alpha value is -1.09. The summed E-state index contributed by atoms with van der Waals surface area (Å²) in [4.78, 5) is 15.7. The summed E-state index contributed by atoms with van der Waals surface area (Å²) < 4.78 is 0. The fourth-order valence-corrected chi connectivity index (χ4v) is 2.30. The predicted molar refractivity (Wildman–Crippen MR) is 64.5 cm³/mol. The number of pyridine rings is 1. The number of nitrogens with one attached hydrogen (secondary N) is 1. The first-order chi connectivity index (χ1) is 7.74. The molecule has 0 spiro atoms. The van der Waals surface area contributed by atoms with Crippen LogP contribution in [0.4, 0.5) is 5.82 Å². The number of carbonyl (C=O) groups excluding carboxylic acids is 1. The molecule has 0 atom stereocenters. The standard InChI is InChI=1S/C12H15ClN2O/c13-10-5-6-14-11(8-10)15-12(16)7-9-3-1-2-4-9/h5-6,8-9H,1-4,7H2,(H,14,15,16). The van der Waals surface area contributed by atoms with E-state index in [2.05, 4.69) is 10.3 Å². The molecule has 1 aliphatic carbocycles. The molecule has 86 valence electrons. The third kappa shape index (κ3) is 3.20. The molecule has 2 rings (SSSR count). The van der Waals surface area contributed by atoms with Gasteiger partial charge in [0.15, 0.2) is 0 Å². The molecule has 1 N–H and O–H groups in total. The number of hydrogen-bond acceptors (Lipinski definition) is 2. The Bertz CT molecular complexity index is 375. The van der Waals surface area contributed by atoms with Crippen molar-refractivity contribution in [3.8, 4) is 0 Å². The van der Waals surface area contributed by atoms with Crippen LogP contribution >= 0.6 is 11.6 Å². The summed E-state index contributed by atoms with van der Waals surface area (Å²) in [5.41, 5.74) is 0. The van der Waals surface area contributed by atoms with E-state index in [1.807, 2.05) is 0 Å². The van der Waals surface area contributed by atoms with E-state index >= 15 is 0 Å². The highest BCUT2D eigenvalue weighted by molar-refractivity contribution is 6.30. The molecular formula is C12H15ClN2O. The van der Waals surface area contributed by atoms with Crippen LogP contribution in [0.5, 0.6) is 0 Å². The van der Waals surface area contributed by atoms with Crippen molar-refractivity contribution in [1.29, 1.82) is 0 Å². The molecule has 0 bridgehead atoms. The lowest BCUT2D eigenvalue weighted by Crippen LogP contribution is -2.15. The zero-order valence-corrected chi connectivity index (χ0v) is 9.83. The third-order valence-corrected chi connectivity index (χ3v) is 3.17. The molecule has 1 aromatic rings. The maximum atomic E-state index is 11.7. The quantitative estimate of drug-likeness (QED) is 0.878. The van der Waals surface area contributed by atoms with E-state index in [1.54, 1.807) is 18.3 Å². The smallest absolute Gasteiger partial charge is 0.225 e. The zero-order chi connectivity index (χ0) is 11.4. The van der Waals surface area contributed by atoms with Crippen molar-refractivity contribution in [2.75, 3.05) is 5.32 Å².